The fourth-order valence-electron chi connectivity index (χ4n) is 2.35. The maximum absolute atomic E-state index is 12.7. The normalized spacial score (nSPS) is 14.0. The van der Waals surface area contributed by atoms with Gasteiger partial charge in [0.2, 0.25) is 0 Å². The third kappa shape index (κ3) is 2.67. The van der Waals surface area contributed by atoms with Crippen molar-refractivity contribution >= 4 is 28.9 Å². The summed E-state index contributed by atoms with van der Waals surface area (Å²) in [6, 6.07) is 12.5. The van der Waals surface area contributed by atoms with E-state index < -0.39 is 0 Å². The molecule has 1 amide bonds. The van der Waals surface area contributed by atoms with Crippen LogP contribution < -0.4 is 15.4 Å². The minimum atomic E-state index is -0.102. The maximum atomic E-state index is 12.7. The number of halogens is 1. The molecule has 5 heteroatoms. The lowest BCUT2D eigenvalue weighted by molar-refractivity contribution is 0.0987. The smallest absolute Gasteiger partial charge is 0.258 e. The summed E-state index contributed by atoms with van der Waals surface area (Å²) in [5.41, 5.74) is 7.46. The van der Waals surface area contributed by atoms with Crippen LogP contribution in [0.25, 0.3) is 0 Å². The van der Waals surface area contributed by atoms with E-state index in [1.807, 2.05) is 24.3 Å². The van der Waals surface area contributed by atoms with Crippen molar-refractivity contribution in [2.45, 2.75) is 6.42 Å². The number of nitrogens with two attached hydrogens (primary N) is 1. The highest BCUT2D eigenvalue weighted by molar-refractivity contribution is 6.33. The maximum Gasteiger partial charge on any atom is 0.258 e. The Hall–Kier alpha value is -2.20. The van der Waals surface area contributed by atoms with E-state index in [1.165, 1.54) is 0 Å². The summed E-state index contributed by atoms with van der Waals surface area (Å²) in [6.07, 6.45) is 0.781. The lowest BCUT2D eigenvalue weighted by Crippen LogP contribution is -2.31. The van der Waals surface area contributed by atoms with Gasteiger partial charge in [-0.1, -0.05) is 23.7 Å². The van der Waals surface area contributed by atoms with Crippen LogP contribution in [0, 0.1) is 0 Å². The minimum Gasteiger partial charge on any atom is -0.491 e. The van der Waals surface area contributed by atoms with Crippen LogP contribution in [0.15, 0.2) is 42.5 Å². The molecular formula is C16H15ClN2O2. The van der Waals surface area contributed by atoms with Gasteiger partial charge < -0.3 is 15.4 Å². The van der Waals surface area contributed by atoms with Crippen LogP contribution >= 0.6 is 11.6 Å². The van der Waals surface area contributed by atoms with E-state index in [0.717, 1.165) is 17.9 Å². The molecule has 0 aromatic heterocycles. The highest BCUT2D eigenvalue weighted by atomic mass is 35.5. The molecule has 2 aromatic rings. The molecule has 1 heterocycles. The van der Waals surface area contributed by atoms with E-state index in [0.29, 0.717) is 29.4 Å². The molecule has 0 radical (unpaired) electrons. The third-order valence-electron chi connectivity index (χ3n) is 3.43. The largest absolute Gasteiger partial charge is 0.491 e. The lowest BCUT2D eigenvalue weighted by atomic mass is 10.1. The predicted molar refractivity (Wildman–Crippen MR) is 84.1 cm³/mol. The van der Waals surface area contributed by atoms with Crippen molar-refractivity contribution in [1.82, 2.24) is 0 Å². The van der Waals surface area contributed by atoms with Crippen molar-refractivity contribution in [2.75, 3.05) is 23.8 Å². The second-order valence-corrected chi connectivity index (χ2v) is 5.27. The number of carbonyl (C=O) groups excluding carboxylic acids is 1. The summed E-state index contributed by atoms with van der Waals surface area (Å²) in [5.74, 6) is 0.625. The average molecular weight is 303 g/mol. The Morgan fingerprint density at radius 2 is 2.05 bits per heavy atom. The van der Waals surface area contributed by atoms with E-state index in [9.17, 15) is 4.79 Å². The number of hydrogen-bond donors (Lipinski definition) is 1. The van der Waals surface area contributed by atoms with Gasteiger partial charge in [-0.15, -0.1) is 0 Å². The fourth-order valence-corrected chi connectivity index (χ4v) is 2.53. The number of benzene rings is 2. The number of carbonyl (C=O) groups is 1. The SMILES string of the molecule is Nc1ccc(C(=O)N2CCCOc3ccccc32)cc1Cl. The molecule has 0 unspecified atom stereocenters. The zero-order chi connectivity index (χ0) is 14.8. The number of amides is 1. The van der Waals surface area contributed by atoms with Crippen molar-refractivity contribution in [1.29, 1.82) is 0 Å². The molecule has 21 heavy (non-hydrogen) atoms. The first kappa shape index (κ1) is 13.8. The number of ether oxygens (including phenoxy) is 1. The first-order chi connectivity index (χ1) is 10.2. The van der Waals surface area contributed by atoms with Crippen molar-refractivity contribution in [3.05, 3.63) is 53.1 Å². The van der Waals surface area contributed by atoms with E-state index in [2.05, 4.69) is 0 Å². The van der Waals surface area contributed by atoms with Crippen LogP contribution in [0.1, 0.15) is 16.8 Å². The number of nitrogen functional groups attached to an aromatic ring is 1. The molecule has 0 spiro atoms. The van der Waals surface area contributed by atoms with Crippen molar-refractivity contribution in [3.63, 3.8) is 0 Å². The van der Waals surface area contributed by atoms with Crippen LogP contribution in [0.2, 0.25) is 5.02 Å². The molecule has 0 saturated carbocycles. The molecule has 4 nitrogen and oxygen atoms in total. The van der Waals surface area contributed by atoms with E-state index in [4.69, 9.17) is 22.1 Å². The van der Waals surface area contributed by atoms with Gasteiger partial charge in [0.15, 0.2) is 0 Å². The summed E-state index contributed by atoms with van der Waals surface area (Å²) in [6.45, 7) is 1.21. The molecule has 0 fully saturated rings. The quantitative estimate of drug-likeness (QED) is 0.822. The fraction of sp³-hybridized carbons (Fsp3) is 0.188. The van der Waals surface area contributed by atoms with Crippen molar-refractivity contribution < 1.29 is 9.53 Å². The molecule has 0 bridgehead atoms. The topological polar surface area (TPSA) is 55.6 Å². The Balaban J connectivity index is 1.99. The first-order valence-corrected chi connectivity index (χ1v) is 7.13. The van der Waals surface area contributed by atoms with E-state index in [1.54, 1.807) is 23.1 Å². The number of rotatable bonds is 1. The first-order valence-electron chi connectivity index (χ1n) is 6.75. The Labute approximate surface area is 128 Å². The molecule has 0 saturated heterocycles. The van der Waals surface area contributed by atoms with Gasteiger partial charge in [-0.05, 0) is 36.8 Å². The number of hydrogen-bond acceptors (Lipinski definition) is 3. The zero-order valence-corrected chi connectivity index (χ0v) is 12.1. The molecule has 1 aliphatic rings. The van der Waals surface area contributed by atoms with Crippen LogP contribution in [0.4, 0.5) is 11.4 Å². The van der Waals surface area contributed by atoms with Gasteiger partial charge in [0, 0.05) is 12.1 Å². The number of fused-ring (bicyclic) bond motifs is 1. The van der Waals surface area contributed by atoms with Gasteiger partial charge in [0.25, 0.3) is 5.91 Å². The second-order valence-electron chi connectivity index (χ2n) is 4.86. The standard InChI is InChI=1S/C16H15ClN2O2/c17-12-10-11(6-7-13(12)18)16(20)19-8-3-9-21-15-5-2-1-4-14(15)19/h1-2,4-7,10H,3,8-9,18H2. The van der Waals surface area contributed by atoms with Crippen LogP contribution in [0.3, 0.4) is 0 Å². The Kier molecular flexibility index (Phi) is 3.71. The van der Waals surface area contributed by atoms with Gasteiger partial charge in [-0.3, -0.25) is 4.79 Å². The van der Waals surface area contributed by atoms with Gasteiger partial charge in [0.1, 0.15) is 5.75 Å². The number of nitrogens with zero attached hydrogens (tertiary/aromatic N) is 1. The summed E-state index contributed by atoms with van der Waals surface area (Å²) in [4.78, 5) is 14.5. The molecule has 108 valence electrons. The van der Waals surface area contributed by atoms with Crippen LogP contribution in [-0.2, 0) is 0 Å². The Bertz CT molecular complexity index is 688. The van der Waals surface area contributed by atoms with Crippen molar-refractivity contribution in [3.8, 4) is 5.75 Å². The highest BCUT2D eigenvalue weighted by Crippen LogP contribution is 2.32. The molecular weight excluding hydrogens is 288 g/mol. The number of anilines is 2. The summed E-state index contributed by atoms with van der Waals surface area (Å²) in [7, 11) is 0. The zero-order valence-electron chi connectivity index (χ0n) is 11.4. The predicted octanol–water partition coefficient (Wildman–Crippen LogP) is 3.35. The molecule has 2 aromatic carbocycles. The molecule has 0 atom stereocenters. The molecule has 3 rings (SSSR count). The Morgan fingerprint density at radius 3 is 2.86 bits per heavy atom. The minimum absolute atomic E-state index is 0.102. The molecule has 2 N–H and O–H groups in total. The van der Waals surface area contributed by atoms with Crippen LogP contribution in [-0.4, -0.2) is 19.1 Å². The van der Waals surface area contributed by atoms with E-state index in [-0.39, 0.29) is 5.91 Å². The van der Waals surface area contributed by atoms with Gasteiger partial charge >= 0.3 is 0 Å². The Morgan fingerprint density at radius 1 is 1.24 bits per heavy atom. The monoisotopic (exact) mass is 302 g/mol. The number of para-hydroxylation sites is 2. The van der Waals surface area contributed by atoms with Crippen LogP contribution in [0.5, 0.6) is 5.75 Å². The molecule has 1 aliphatic heterocycles. The lowest BCUT2D eigenvalue weighted by Gasteiger charge is -2.22. The average Bonchev–Trinajstić information content (AvgIpc) is 2.71. The highest BCUT2D eigenvalue weighted by Gasteiger charge is 2.23. The summed E-state index contributed by atoms with van der Waals surface area (Å²) < 4.78 is 5.67. The van der Waals surface area contributed by atoms with E-state index >= 15 is 0 Å². The van der Waals surface area contributed by atoms with Gasteiger partial charge in [0.05, 0.1) is 23.0 Å². The van der Waals surface area contributed by atoms with Crippen molar-refractivity contribution in [2.24, 2.45) is 0 Å². The summed E-state index contributed by atoms with van der Waals surface area (Å²) in [5, 5.41) is 0.389. The van der Waals surface area contributed by atoms with Gasteiger partial charge in [-0.25, -0.2) is 0 Å². The van der Waals surface area contributed by atoms with Gasteiger partial charge in [-0.2, -0.15) is 0 Å². The summed E-state index contributed by atoms with van der Waals surface area (Å²) >= 11 is 6.01. The third-order valence-corrected chi connectivity index (χ3v) is 3.76. The molecule has 0 aliphatic carbocycles. The second kappa shape index (κ2) is 5.66.